The van der Waals surface area contributed by atoms with E-state index in [9.17, 15) is 18.7 Å². The Hall–Kier alpha value is -3.32. The van der Waals surface area contributed by atoms with Gasteiger partial charge in [0.05, 0.1) is 30.6 Å². The molecule has 0 spiro atoms. The Bertz CT molecular complexity index is 1130. The van der Waals surface area contributed by atoms with Crippen molar-refractivity contribution in [2.24, 2.45) is 0 Å². The molecule has 1 fully saturated rings. The highest BCUT2D eigenvalue weighted by Crippen LogP contribution is 2.36. The average molecular weight is 465 g/mol. The quantitative estimate of drug-likeness (QED) is 0.462. The lowest BCUT2D eigenvalue weighted by molar-refractivity contribution is -0.0421. The fourth-order valence-corrected chi connectivity index (χ4v) is 3.96. The molecule has 1 amide bonds. The number of methoxy groups -OCH3 is 1. The minimum atomic E-state index is -2.83. The fourth-order valence-electron chi connectivity index (χ4n) is 3.96. The van der Waals surface area contributed by atoms with Gasteiger partial charge in [0.1, 0.15) is 17.2 Å². The van der Waals surface area contributed by atoms with Gasteiger partial charge >= 0.3 is 6.09 Å². The Morgan fingerprint density at radius 3 is 2.97 bits per heavy atom. The third-order valence-corrected chi connectivity index (χ3v) is 5.63. The Morgan fingerprint density at radius 2 is 2.27 bits per heavy atom. The van der Waals surface area contributed by atoms with Crippen LogP contribution in [0.1, 0.15) is 37.8 Å². The maximum Gasteiger partial charge on any atom is 0.408 e. The number of aromatic nitrogens is 5. The van der Waals surface area contributed by atoms with Crippen molar-refractivity contribution in [2.45, 2.75) is 51.0 Å². The number of amides is 1. The standard InChI is InChI=1S/C20H25F2N7O4/c1-20(2,18(21)22)29(19(30)31)12-7-15(33-10-12)13-8-16(26-25-13)24-17-14-6-11(9-32-3)27-28(14)5-4-23-17/h4-6,8,12,15,18H,7,9-10H2,1-3H3,(H,30,31)(H2,23,24,25,26). The van der Waals surface area contributed by atoms with E-state index in [4.69, 9.17) is 9.47 Å². The molecular formula is C20H25F2N7O4. The van der Waals surface area contributed by atoms with Crippen molar-refractivity contribution >= 4 is 23.2 Å². The maximum absolute atomic E-state index is 13.5. The lowest BCUT2D eigenvalue weighted by Gasteiger charge is -2.39. The molecule has 4 rings (SSSR count). The monoisotopic (exact) mass is 465 g/mol. The first-order valence-corrected chi connectivity index (χ1v) is 10.3. The number of hydrogen-bond donors (Lipinski definition) is 3. The van der Waals surface area contributed by atoms with Crippen LogP contribution < -0.4 is 5.32 Å². The van der Waals surface area contributed by atoms with Crippen LogP contribution in [0.15, 0.2) is 24.5 Å². The summed E-state index contributed by atoms with van der Waals surface area (Å²) in [5.74, 6) is 1.00. The number of aromatic amines is 1. The summed E-state index contributed by atoms with van der Waals surface area (Å²) in [5, 5.41) is 24.2. The van der Waals surface area contributed by atoms with E-state index in [2.05, 4.69) is 25.6 Å². The summed E-state index contributed by atoms with van der Waals surface area (Å²) in [6, 6.07) is 2.86. The maximum atomic E-state index is 13.5. The second kappa shape index (κ2) is 8.90. The Morgan fingerprint density at radius 1 is 1.48 bits per heavy atom. The van der Waals surface area contributed by atoms with Crippen LogP contribution >= 0.6 is 0 Å². The fraction of sp³-hybridized carbons (Fsp3) is 0.500. The van der Waals surface area contributed by atoms with Crippen molar-refractivity contribution in [2.75, 3.05) is 19.0 Å². The van der Waals surface area contributed by atoms with Crippen LogP contribution in [0.5, 0.6) is 0 Å². The molecule has 1 aliphatic heterocycles. The molecule has 0 bridgehead atoms. The van der Waals surface area contributed by atoms with E-state index in [1.54, 1.807) is 30.1 Å². The molecule has 3 N–H and O–H groups in total. The number of fused-ring (bicyclic) bond motifs is 1. The van der Waals surface area contributed by atoms with E-state index < -0.39 is 30.2 Å². The largest absolute Gasteiger partial charge is 0.465 e. The van der Waals surface area contributed by atoms with E-state index in [1.807, 2.05) is 6.07 Å². The lowest BCUT2D eigenvalue weighted by Crippen LogP contribution is -2.56. The molecular weight excluding hydrogens is 440 g/mol. The molecule has 2 atom stereocenters. The Balaban J connectivity index is 1.48. The number of carbonyl (C=O) groups is 1. The molecule has 0 saturated carbocycles. The summed E-state index contributed by atoms with van der Waals surface area (Å²) in [5.41, 5.74) is 0.238. The highest BCUT2D eigenvalue weighted by Gasteiger charge is 2.46. The molecule has 1 saturated heterocycles. The zero-order valence-corrected chi connectivity index (χ0v) is 18.3. The molecule has 4 heterocycles. The number of nitrogens with one attached hydrogen (secondary N) is 2. The topological polar surface area (TPSA) is 130 Å². The van der Waals surface area contributed by atoms with E-state index >= 15 is 0 Å². The third-order valence-electron chi connectivity index (χ3n) is 5.63. The summed E-state index contributed by atoms with van der Waals surface area (Å²) in [7, 11) is 1.59. The van der Waals surface area contributed by atoms with Gasteiger partial charge in [-0.15, -0.1) is 0 Å². The SMILES string of the molecule is COCc1cc2c(Nc3cc(C4CC(N(C(=O)O)C(C)(C)C(F)F)CO4)[nH]n3)nccn2n1. The van der Waals surface area contributed by atoms with Gasteiger partial charge in [-0.3, -0.25) is 10.00 Å². The first-order chi connectivity index (χ1) is 15.7. The van der Waals surface area contributed by atoms with Crippen molar-refractivity contribution < 1.29 is 28.2 Å². The smallest absolute Gasteiger partial charge is 0.408 e. The van der Waals surface area contributed by atoms with Crippen LogP contribution in [-0.2, 0) is 16.1 Å². The van der Waals surface area contributed by atoms with Gasteiger partial charge in [0, 0.05) is 32.0 Å². The summed E-state index contributed by atoms with van der Waals surface area (Å²) >= 11 is 0. The van der Waals surface area contributed by atoms with Crippen LogP contribution in [0.3, 0.4) is 0 Å². The molecule has 11 nitrogen and oxygen atoms in total. The number of ether oxygens (including phenoxy) is 2. The van der Waals surface area contributed by atoms with Gasteiger partial charge in [0.15, 0.2) is 11.6 Å². The van der Waals surface area contributed by atoms with Gasteiger partial charge in [0.25, 0.3) is 6.43 Å². The van der Waals surface area contributed by atoms with Gasteiger partial charge in [-0.25, -0.2) is 23.1 Å². The Kier molecular flexibility index (Phi) is 6.17. The molecule has 1 aliphatic rings. The average Bonchev–Trinajstić information content (AvgIpc) is 3.47. The van der Waals surface area contributed by atoms with Crippen LogP contribution in [0.2, 0.25) is 0 Å². The second-order valence-electron chi connectivity index (χ2n) is 8.33. The molecule has 3 aromatic heterocycles. The minimum absolute atomic E-state index is 0.00780. The van der Waals surface area contributed by atoms with Crippen LogP contribution in [0.4, 0.5) is 25.2 Å². The lowest BCUT2D eigenvalue weighted by atomic mass is 9.99. The predicted octanol–water partition coefficient (Wildman–Crippen LogP) is 3.20. The minimum Gasteiger partial charge on any atom is -0.465 e. The van der Waals surface area contributed by atoms with Gasteiger partial charge in [-0.1, -0.05) is 0 Å². The summed E-state index contributed by atoms with van der Waals surface area (Å²) in [4.78, 5) is 16.8. The van der Waals surface area contributed by atoms with E-state index in [1.165, 1.54) is 13.8 Å². The number of halogens is 2. The van der Waals surface area contributed by atoms with E-state index in [0.29, 0.717) is 23.9 Å². The molecule has 13 heteroatoms. The highest BCUT2D eigenvalue weighted by molar-refractivity contribution is 5.72. The second-order valence-corrected chi connectivity index (χ2v) is 8.33. The Labute approximate surface area is 187 Å². The number of hydrogen-bond acceptors (Lipinski definition) is 7. The van der Waals surface area contributed by atoms with Gasteiger partial charge in [-0.2, -0.15) is 10.2 Å². The van der Waals surface area contributed by atoms with Gasteiger partial charge in [-0.05, 0) is 19.9 Å². The van der Waals surface area contributed by atoms with Crippen molar-refractivity contribution in [1.29, 1.82) is 0 Å². The summed E-state index contributed by atoms with van der Waals surface area (Å²) in [6.45, 7) is 2.79. The molecule has 178 valence electrons. The summed E-state index contributed by atoms with van der Waals surface area (Å²) < 4.78 is 39.5. The van der Waals surface area contributed by atoms with Gasteiger partial charge < -0.3 is 19.9 Å². The van der Waals surface area contributed by atoms with Gasteiger partial charge in [0.2, 0.25) is 0 Å². The van der Waals surface area contributed by atoms with Crippen LogP contribution in [0, 0.1) is 0 Å². The first-order valence-electron chi connectivity index (χ1n) is 10.3. The highest BCUT2D eigenvalue weighted by atomic mass is 19.3. The van der Waals surface area contributed by atoms with Crippen molar-refractivity contribution in [3.63, 3.8) is 0 Å². The normalized spacial score (nSPS) is 18.8. The number of nitrogens with zero attached hydrogens (tertiary/aromatic N) is 5. The zero-order valence-electron chi connectivity index (χ0n) is 18.3. The molecule has 0 radical (unpaired) electrons. The number of carboxylic acid groups (broad SMARTS) is 1. The first kappa shape index (κ1) is 22.9. The predicted molar refractivity (Wildman–Crippen MR) is 113 cm³/mol. The van der Waals surface area contributed by atoms with Crippen molar-refractivity contribution in [3.8, 4) is 0 Å². The zero-order chi connectivity index (χ0) is 23.8. The summed E-state index contributed by atoms with van der Waals surface area (Å²) in [6.07, 6.45) is -1.21. The third kappa shape index (κ3) is 4.46. The van der Waals surface area contributed by atoms with Crippen LogP contribution in [0.25, 0.3) is 5.52 Å². The number of rotatable bonds is 8. The molecule has 0 aliphatic carbocycles. The van der Waals surface area contributed by atoms with E-state index in [-0.39, 0.29) is 13.0 Å². The number of H-pyrrole nitrogens is 1. The molecule has 0 aromatic carbocycles. The van der Waals surface area contributed by atoms with Crippen molar-refractivity contribution in [3.05, 3.63) is 35.9 Å². The van der Waals surface area contributed by atoms with Crippen LogP contribution in [-0.4, -0.2) is 72.6 Å². The van der Waals surface area contributed by atoms with Crippen molar-refractivity contribution in [1.82, 2.24) is 29.7 Å². The van der Waals surface area contributed by atoms with E-state index in [0.717, 1.165) is 16.1 Å². The molecule has 3 aromatic rings. The molecule has 2 unspecified atom stereocenters. The molecule has 33 heavy (non-hydrogen) atoms. The number of anilines is 2. The number of alkyl halides is 2.